The third kappa shape index (κ3) is 2.72. The Morgan fingerprint density at radius 3 is 2.35 bits per heavy atom. The van der Waals surface area contributed by atoms with Crippen LogP contribution in [-0.2, 0) is 11.2 Å². The zero-order chi connectivity index (χ0) is 12.3. The number of rotatable bonds is 4. The molecule has 0 saturated heterocycles. The molecule has 1 heterocycles. The van der Waals surface area contributed by atoms with Crippen LogP contribution in [0.5, 0.6) is 0 Å². The molecule has 0 saturated carbocycles. The lowest BCUT2D eigenvalue weighted by atomic mass is 10.1. The van der Waals surface area contributed by atoms with Crippen LogP contribution in [0.15, 0.2) is 48.8 Å². The van der Waals surface area contributed by atoms with E-state index in [1.54, 1.807) is 41.2 Å². The zero-order valence-electron chi connectivity index (χ0n) is 9.08. The number of aromatic nitrogens is 1. The molecule has 0 aliphatic rings. The van der Waals surface area contributed by atoms with Gasteiger partial charge in [-0.2, -0.15) is 0 Å². The van der Waals surface area contributed by atoms with Gasteiger partial charge in [0.2, 0.25) is 0 Å². The first kappa shape index (κ1) is 11.4. The van der Waals surface area contributed by atoms with E-state index in [1.807, 2.05) is 0 Å². The van der Waals surface area contributed by atoms with E-state index in [0.717, 1.165) is 5.56 Å². The molecule has 1 unspecified atom stereocenters. The van der Waals surface area contributed by atoms with Gasteiger partial charge in [-0.1, -0.05) is 12.1 Å². The lowest BCUT2D eigenvalue weighted by molar-refractivity contribution is -0.140. The van der Waals surface area contributed by atoms with Gasteiger partial charge in [0.25, 0.3) is 0 Å². The Labute approximate surface area is 98.1 Å². The van der Waals surface area contributed by atoms with Crippen LogP contribution in [-0.4, -0.2) is 15.6 Å². The highest BCUT2D eigenvalue weighted by atomic mass is 19.1. The number of nitrogens with zero attached hydrogens (tertiary/aromatic N) is 1. The first-order valence-electron chi connectivity index (χ1n) is 5.26. The molecule has 0 amide bonds. The third-order valence-corrected chi connectivity index (χ3v) is 2.61. The molecule has 0 radical (unpaired) electrons. The van der Waals surface area contributed by atoms with Gasteiger partial charge in [0.15, 0.2) is 0 Å². The van der Waals surface area contributed by atoms with Gasteiger partial charge >= 0.3 is 5.97 Å². The highest BCUT2D eigenvalue weighted by molar-refractivity contribution is 5.72. The van der Waals surface area contributed by atoms with Crippen LogP contribution >= 0.6 is 0 Å². The number of halogens is 1. The van der Waals surface area contributed by atoms with Crippen molar-refractivity contribution < 1.29 is 14.3 Å². The number of benzene rings is 1. The van der Waals surface area contributed by atoms with Crippen molar-refractivity contribution in [2.24, 2.45) is 0 Å². The standard InChI is InChI=1S/C13H12FNO2/c14-11-5-3-10(4-6-11)9-12(13(16)17)15-7-1-2-8-15/h1-8,12H,9H2,(H,16,17). The van der Waals surface area contributed by atoms with Gasteiger partial charge in [-0.05, 0) is 29.8 Å². The summed E-state index contributed by atoms with van der Waals surface area (Å²) in [7, 11) is 0. The monoisotopic (exact) mass is 233 g/mol. The predicted molar refractivity (Wildman–Crippen MR) is 61.2 cm³/mol. The van der Waals surface area contributed by atoms with Crippen LogP contribution in [0.25, 0.3) is 0 Å². The Balaban J connectivity index is 2.19. The summed E-state index contributed by atoms with van der Waals surface area (Å²) in [6.45, 7) is 0. The van der Waals surface area contributed by atoms with Crippen molar-refractivity contribution in [2.75, 3.05) is 0 Å². The maximum atomic E-state index is 12.7. The summed E-state index contributed by atoms with van der Waals surface area (Å²) < 4.78 is 14.4. The van der Waals surface area contributed by atoms with Gasteiger partial charge in [0.1, 0.15) is 11.9 Å². The van der Waals surface area contributed by atoms with Gasteiger partial charge in [-0.3, -0.25) is 0 Å². The maximum Gasteiger partial charge on any atom is 0.327 e. The fourth-order valence-corrected chi connectivity index (χ4v) is 1.72. The molecule has 0 aliphatic carbocycles. The van der Waals surface area contributed by atoms with E-state index in [4.69, 9.17) is 5.11 Å². The number of aliphatic carboxylic acids is 1. The van der Waals surface area contributed by atoms with Crippen LogP contribution in [0.4, 0.5) is 4.39 Å². The molecule has 0 fully saturated rings. The molecule has 1 aromatic heterocycles. The molecule has 0 spiro atoms. The Bertz CT molecular complexity index is 491. The van der Waals surface area contributed by atoms with Gasteiger partial charge in [-0.15, -0.1) is 0 Å². The van der Waals surface area contributed by atoms with E-state index < -0.39 is 12.0 Å². The average Bonchev–Trinajstić information content (AvgIpc) is 2.81. The third-order valence-electron chi connectivity index (χ3n) is 2.61. The van der Waals surface area contributed by atoms with Crippen molar-refractivity contribution in [2.45, 2.75) is 12.5 Å². The fraction of sp³-hybridized carbons (Fsp3) is 0.154. The van der Waals surface area contributed by atoms with Crippen molar-refractivity contribution in [3.8, 4) is 0 Å². The number of hydrogen-bond donors (Lipinski definition) is 1. The molecule has 0 bridgehead atoms. The summed E-state index contributed by atoms with van der Waals surface area (Å²) in [5.41, 5.74) is 0.799. The minimum atomic E-state index is -0.898. The largest absolute Gasteiger partial charge is 0.480 e. The normalized spacial score (nSPS) is 12.3. The Hall–Kier alpha value is -2.10. The molecule has 3 nitrogen and oxygen atoms in total. The molecule has 1 aromatic carbocycles. The van der Waals surface area contributed by atoms with Gasteiger partial charge in [0.05, 0.1) is 0 Å². The van der Waals surface area contributed by atoms with Gasteiger partial charge in [0, 0.05) is 18.8 Å². The van der Waals surface area contributed by atoms with Crippen molar-refractivity contribution in [3.63, 3.8) is 0 Å². The lowest BCUT2D eigenvalue weighted by Gasteiger charge is -2.14. The van der Waals surface area contributed by atoms with Crippen molar-refractivity contribution in [1.82, 2.24) is 4.57 Å². The molecular weight excluding hydrogens is 221 g/mol. The predicted octanol–water partition coefficient (Wildman–Crippen LogP) is 2.50. The van der Waals surface area contributed by atoms with E-state index in [0.29, 0.717) is 6.42 Å². The molecular formula is C13H12FNO2. The highest BCUT2D eigenvalue weighted by Crippen LogP contribution is 2.15. The molecule has 17 heavy (non-hydrogen) atoms. The van der Waals surface area contributed by atoms with E-state index in [-0.39, 0.29) is 5.82 Å². The number of hydrogen-bond acceptors (Lipinski definition) is 1. The minimum Gasteiger partial charge on any atom is -0.480 e. The van der Waals surface area contributed by atoms with Crippen LogP contribution < -0.4 is 0 Å². The second-order valence-electron chi connectivity index (χ2n) is 3.81. The summed E-state index contributed by atoms with van der Waals surface area (Å²) in [6.07, 6.45) is 3.76. The molecule has 1 atom stereocenters. The fourth-order valence-electron chi connectivity index (χ4n) is 1.72. The number of carboxylic acid groups (broad SMARTS) is 1. The van der Waals surface area contributed by atoms with E-state index in [9.17, 15) is 9.18 Å². The summed E-state index contributed by atoms with van der Waals surface area (Å²) in [5, 5.41) is 9.17. The molecule has 2 rings (SSSR count). The van der Waals surface area contributed by atoms with Gasteiger partial charge in [-0.25, -0.2) is 9.18 Å². The minimum absolute atomic E-state index is 0.318. The maximum absolute atomic E-state index is 12.7. The second-order valence-corrected chi connectivity index (χ2v) is 3.81. The molecule has 88 valence electrons. The molecule has 0 aliphatic heterocycles. The summed E-state index contributed by atoms with van der Waals surface area (Å²) in [4.78, 5) is 11.2. The smallest absolute Gasteiger partial charge is 0.327 e. The van der Waals surface area contributed by atoms with Crippen LogP contribution in [0.2, 0.25) is 0 Å². The van der Waals surface area contributed by atoms with Crippen molar-refractivity contribution >= 4 is 5.97 Å². The quantitative estimate of drug-likeness (QED) is 0.881. The van der Waals surface area contributed by atoms with E-state index in [1.165, 1.54) is 12.1 Å². The molecule has 4 heteroatoms. The summed E-state index contributed by atoms with van der Waals surface area (Å²) >= 11 is 0. The Morgan fingerprint density at radius 1 is 1.24 bits per heavy atom. The average molecular weight is 233 g/mol. The first-order valence-corrected chi connectivity index (χ1v) is 5.26. The van der Waals surface area contributed by atoms with E-state index in [2.05, 4.69) is 0 Å². The second kappa shape index (κ2) is 4.82. The lowest BCUT2D eigenvalue weighted by Crippen LogP contribution is -2.20. The zero-order valence-corrected chi connectivity index (χ0v) is 9.08. The number of carbonyl (C=O) groups is 1. The van der Waals surface area contributed by atoms with Crippen molar-refractivity contribution in [1.29, 1.82) is 0 Å². The van der Waals surface area contributed by atoms with Crippen LogP contribution in [0, 0.1) is 5.82 Å². The number of carboxylic acids is 1. The van der Waals surface area contributed by atoms with Crippen LogP contribution in [0.3, 0.4) is 0 Å². The van der Waals surface area contributed by atoms with E-state index >= 15 is 0 Å². The first-order chi connectivity index (χ1) is 8.16. The highest BCUT2D eigenvalue weighted by Gasteiger charge is 2.18. The van der Waals surface area contributed by atoms with Crippen LogP contribution in [0.1, 0.15) is 11.6 Å². The van der Waals surface area contributed by atoms with Gasteiger partial charge < -0.3 is 9.67 Å². The SMILES string of the molecule is O=C(O)C(Cc1ccc(F)cc1)n1cccc1. The molecule has 2 aromatic rings. The summed E-state index contributed by atoms with van der Waals surface area (Å²) in [6, 6.07) is 8.79. The molecule has 1 N–H and O–H groups in total. The Morgan fingerprint density at radius 2 is 1.82 bits per heavy atom. The Kier molecular flexibility index (Phi) is 3.23. The summed E-state index contributed by atoms with van der Waals surface area (Å²) in [5.74, 6) is -1.22. The van der Waals surface area contributed by atoms with Crippen molar-refractivity contribution in [3.05, 3.63) is 60.2 Å². The topological polar surface area (TPSA) is 42.2 Å².